The molecule has 0 saturated heterocycles. The van der Waals surface area contributed by atoms with Gasteiger partial charge in [0.1, 0.15) is 0 Å². The minimum Gasteiger partial charge on any atom is -0.393 e. The van der Waals surface area contributed by atoms with E-state index in [1.54, 1.807) is 0 Å². The molecule has 3 atom stereocenters. The van der Waals surface area contributed by atoms with Crippen LogP contribution in [0.5, 0.6) is 0 Å². The summed E-state index contributed by atoms with van der Waals surface area (Å²) in [6.45, 7) is 7.09. The van der Waals surface area contributed by atoms with Gasteiger partial charge in [0.25, 0.3) is 0 Å². The molecule has 0 heterocycles. The molecule has 0 bridgehead atoms. The van der Waals surface area contributed by atoms with E-state index in [4.69, 9.17) is 0 Å². The van der Waals surface area contributed by atoms with Crippen LogP contribution >= 0.6 is 0 Å². The maximum absolute atomic E-state index is 10.2. The third kappa shape index (κ3) is 3.47. The molecule has 2 fully saturated rings. The fourth-order valence-electron chi connectivity index (χ4n) is 3.96. The molecule has 1 heteroatoms. The van der Waals surface area contributed by atoms with Gasteiger partial charge >= 0.3 is 0 Å². The second-order valence-corrected chi connectivity index (χ2v) is 7.59. The number of rotatable bonds is 2. The van der Waals surface area contributed by atoms with Crippen molar-refractivity contribution in [1.29, 1.82) is 0 Å². The third-order valence-electron chi connectivity index (χ3n) is 5.28. The highest BCUT2D eigenvalue weighted by Crippen LogP contribution is 2.43. The van der Waals surface area contributed by atoms with E-state index in [1.165, 1.54) is 44.9 Å². The molecule has 2 rings (SSSR count). The molecule has 2 saturated carbocycles. The van der Waals surface area contributed by atoms with E-state index in [1.807, 2.05) is 0 Å². The van der Waals surface area contributed by atoms with Gasteiger partial charge in [-0.1, -0.05) is 46.5 Å². The van der Waals surface area contributed by atoms with E-state index >= 15 is 0 Å². The summed E-state index contributed by atoms with van der Waals surface area (Å²) in [5, 5.41) is 10.2. The zero-order chi connectivity index (χ0) is 12.5. The summed E-state index contributed by atoms with van der Waals surface area (Å²) in [7, 11) is 0. The lowest BCUT2D eigenvalue weighted by Crippen LogP contribution is -2.35. The summed E-state index contributed by atoms with van der Waals surface area (Å²) in [5.41, 5.74) is 0.425. The van der Waals surface area contributed by atoms with Crippen molar-refractivity contribution in [2.45, 2.75) is 78.2 Å². The Bertz CT molecular complexity index is 234. The predicted molar refractivity (Wildman–Crippen MR) is 72.9 cm³/mol. The van der Waals surface area contributed by atoms with Crippen molar-refractivity contribution in [1.82, 2.24) is 0 Å². The second-order valence-electron chi connectivity index (χ2n) is 7.59. The van der Waals surface area contributed by atoms with Crippen LogP contribution < -0.4 is 0 Å². The SMILES string of the molecule is CC(C)(C)C1CCC(O)C(CC2CCCC2)C1. The van der Waals surface area contributed by atoms with E-state index in [9.17, 15) is 5.11 Å². The Hall–Kier alpha value is -0.0400. The average Bonchev–Trinajstić information content (AvgIpc) is 2.72. The smallest absolute Gasteiger partial charge is 0.0568 e. The van der Waals surface area contributed by atoms with Gasteiger partial charge in [-0.05, 0) is 48.9 Å². The van der Waals surface area contributed by atoms with Crippen LogP contribution in [0.1, 0.15) is 72.1 Å². The molecule has 2 aliphatic rings. The van der Waals surface area contributed by atoms with Crippen LogP contribution in [0.2, 0.25) is 0 Å². The summed E-state index contributed by atoms with van der Waals surface area (Å²) in [4.78, 5) is 0. The van der Waals surface area contributed by atoms with Crippen LogP contribution in [0.4, 0.5) is 0 Å². The first-order chi connectivity index (χ1) is 7.97. The molecule has 2 aliphatic carbocycles. The Kier molecular flexibility index (Phi) is 4.18. The van der Waals surface area contributed by atoms with Gasteiger partial charge in [-0.3, -0.25) is 0 Å². The van der Waals surface area contributed by atoms with Crippen molar-refractivity contribution in [2.75, 3.05) is 0 Å². The molecule has 0 aromatic heterocycles. The maximum Gasteiger partial charge on any atom is 0.0568 e. The van der Waals surface area contributed by atoms with Crippen molar-refractivity contribution in [3.63, 3.8) is 0 Å². The summed E-state index contributed by atoms with van der Waals surface area (Å²) >= 11 is 0. The van der Waals surface area contributed by atoms with Gasteiger partial charge in [0.15, 0.2) is 0 Å². The molecular weight excluding hydrogens is 208 g/mol. The van der Waals surface area contributed by atoms with Crippen LogP contribution in [0.25, 0.3) is 0 Å². The van der Waals surface area contributed by atoms with E-state index in [-0.39, 0.29) is 6.10 Å². The summed E-state index contributed by atoms with van der Waals surface area (Å²) in [6, 6.07) is 0. The minimum absolute atomic E-state index is 0.00537. The molecule has 0 aliphatic heterocycles. The summed E-state index contributed by atoms with van der Waals surface area (Å²) in [5.74, 6) is 2.33. The van der Waals surface area contributed by atoms with Crippen molar-refractivity contribution in [3.05, 3.63) is 0 Å². The highest BCUT2D eigenvalue weighted by atomic mass is 16.3. The van der Waals surface area contributed by atoms with Crippen LogP contribution in [0.3, 0.4) is 0 Å². The molecule has 17 heavy (non-hydrogen) atoms. The number of aliphatic hydroxyl groups is 1. The first-order valence-electron chi connectivity index (χ1n) is 7.65. The fourth-order valence-corrected chi connectivity index (χ4v) is 3.96. The first kappa shape index (κ1) is 13.4. The normalized spacial score (nSPS) is 36.4. The van der Waals surface area contributed by atoms with Crippen molar-refractivity contribution < 1.29 is 5.11 Å². The third-order valence-corrected chi connectivity index (χ3v) is 5.28. The van der Waals surface area contributed by atoms with E-state index in [2.05, 4.69) is 20.8 Å². The van der Waals surface area contributed by atoms with E-state index in [0.29, 0.717) is 11.3 Å². The lowest BCUT2D eigenvalue weighted by molar-refractivity contribution is 0.00916. The molecule has 0 aromatic carbocycles. The highest BCUT2D eigenvalue weighted by Gasteiger charge is 2.36. The Morgan fingerprint density at radius 3 is 2.24 bits per heavy atom. The van der Waals surface area contributed by atoms with Gasteiger partial charge in [0.2, 0.25) is 0 Å². The van der Waals surface area contributed by atoms with Crippen molar-refractivity contribution in [2.24, 2.45) is 23.2 Å². The van der Waals surface area contributed by atoms with Crippen LogP contribution in [-0.4, -0.2) is 11.2 Å². The summed E-state index contributed by atoms with van der Waals surface area (Å²) < 4.78 is 0. The predicted octanol–water partition coefficient (Wildman–Crippen LogP) is 4.39. The molecular formula is C16H30O. The Labute approximate surface area is 107 Å². The number of aliphatic hydroxyl groups excluding tert-OH is 1. The van der Waals surface area contributed by atoms with Crippen LogP contribution in [0.15, 0.2) is 0 Å². The van der Waals surface area contributed by atoms with Gasteiger partial charge in [0, 0.05) is 0 Å². The van der Waals surface area contributed by atoms with Gasteiger partial charge in [-0.15, -0.1) is 0 Å². The monoisotopic (exact) mass is 238 g/mol. The lowest BCUT2D eigenvalue weighted by atomic mass is 9.66. The largest absolute Gasteiger partial charge is 0.393 e. The molecule has 0 spiro atoms. The van der Waals surface area contributed by atoms with Gasteiger partial charge in [-0.25, -0.2) is 0 Å². The Morgan fingerprint density at radius 2 is 1.65 bits per heavy atom. The van der Waals surface area contributed by atoms with E-state index in [0.717, 1.165) is 18.3 Å². The number of hydrogen-bond acceptors (Lipinski definition) is 1. The van der Waals surface area contributed by atoms with Gasteiger partial charge in [-0.2, -0.15) is 0 Å². The van der Waals surface area contributed by atoms with Crippen molar-refractivity contribution in [3.8, 4) is 0 Å². The maximum atomic E-state index is 10.2. The Balaban J connectivity index is 1.90. The quantitative estimate of drug-likeness (QED) is 0.756. The van der Waals surface area contributed by atoms with Crippen molar-refractivity contribution >= 4 is 0 Å². The average molecular weight is 238 g/mol. The van der Waals surface area contributed by atoms with Gasteiger partial charge < -0.3 is 5.11 Å². The zero-order valence-electron chi connectivity index (χ0n) is 11.9. The molecule has 3 unspecified atom stereocenters. The lowest BCUT2D eigenvalue weighted by Gasteiger charge is -2.41. The Morgan fingerprint density at radius 1 is 1.00 bits per heavy atom. The molecule has 0 amide bonds. The standard InChI is InChI=1S/C16H30O/c1-16(2,3)14-8-9-15(17)13(11-14)10-12-6-4-5-7-12/h12-15,17H,4-11H2,1-3H3. The number of hydrogen-bond donors (Lipinski definition) is 1. The first-order valence-corrected chi connectivity index (χ1v) is 7.65. The van der Waals surface area contributed by atoms with Gasteiger partial charge in [0.05, 0.1) is 6.10 Å². The van der Waals surface area contributed by atoms with Crippen LogP contribution in [0, 0.1) is 23.2 Å². The topological polar surface area (TPSA) is 20.2 Å². The molecule has 1 N–H and O–H groups in total. The summed E-state index contributed by atoms with van der Waals surface area (Å²) in [6.07, 6.45) is 10.5. The molecule has 0 radical (unpaired) electrons. The molecule has 100 valence electrons. The minimum atomic E-state index is -0.00537. The highest BCUT2D eigenvalue weighted by molar-refractivity contribution is 4.87. The molecule has 0 aromatic rings. The van der Waals surface area contributed by atoms with E-state index < -0.39 is 0 Å². The van der Waals surface area contributed by atoms with Crippen LogP contribution in [-0.2, 0) is 0 Å². The fraction of sp³-hybridized carbons (Fsp3) is 1.00. The molecule has 1 nitrogen and oxygen atoms in total. The second kappa shape index (κ2) is 5.30. The zero-order valence-corrected chi connectivity index (χ0v) is 11.9.